The number of rotatable bonds is 7. The number of aryl methyl sites for hydroxylation is 1. The molecule has 0 saturated carbocycles. The molecule has 158 valence electrons. The first-order valence-corrected chi connectivity index (χ1v) is 10.1. The Morgan fingerprint density at radius 3 is 2.55 bits per heavy atom. The maximum atomic E-state index is 5.46. The number of guanidine groups is 1. The fourth-order valence-electron chi connectivity index (χ4n) is 3.24. The molecule has 1 saturated heterocycles. The summed E-state index contributed by atoms with van der Waals surface area (Å²) >= 11 is 0. The highest BCUT2D eigenvalue weighted by Gasteiger charge is 2.12. The molecule has 1 aromatic carbocycles. The van der Waals surface area contributed by atoms with Crippen molar-refractivity contribution in [1.29, 1.82) is 0 Å². The van der Waals surface area contributed by atoms with Crippen LogP contribution in [0.3, 0.4) is 0 Å². The van der Waals surface area contributed by atoms with E-state index < -0.39 is 0 Å². The molecule has 2 N–H and O–H groups in total. The predicted octanol–water partition coefficient (Wildman–Crippen LogP) is 3.10. The molecule has 29 heavy (non-hydrogen) atoms. The van der Waals surface area contributed by atoms with E-state index in [9.17, 15) is 0 Å². The van der Waals surface area contributed by atoms with E-state index in [-0.39, 0.29) is 24.0 Å². The lowest BCUT2D eigenvalue weighted by Crippen LogP contribution is -2.37. The highest BCUT2D eigenvalue weighted by molar-refractivity contribution is 14.0. The monoisotopic (exact) mass is 509 g/mol. The summed E-state index contributed by atoms with van der Waals surface area (Å²) in [6.45, 7) is 10.8. The Kier molecular flexibility index (Phi) is 10.4. The Labute approximate surface area is 191 Å². The molecule has 1 aliphatic rings. The molecule has 2 heterocycles. The molecular weight excluding hydrogens is 477 g/mol. The number of benzene rings is 1. The molecule has 0 radical (unpaired) electrons. The van der Waals surface area contributed by atoms with Crippen LogP contribution >= 0.6 is 24.0 Å². The molecule has 1 fully saturated rings. The quantitative estimate of drug-likeness (QED) is 0.342. The van der Waals surface area contributed by atoms with Gasteiger partial charge in [0, 0.05) is 31.9 Å². The molecule has 2 aromatic rings. The molecule has 1 aromatic heterocycles. The molecule has 0 atom stereocenters. The van der Waals surface area contributed by atoms with E-state index in [1.807, 2.05) is 25.1 Å². The summed E-state index contributed by atoms with van der Waals surface area (Å²) in [7, 11) is 0. The van der Waals surface area contributed by atoms with Crippen LogP contribution in [0.5, 0.6) is 0 Å². The maximum absolute atomic E-state index is 5.46. The summed E-state index contributed by atoms with van der Waals surface area (Å²) in [5, 5.41) is 6.71. The van der Waals surface area contributed by atoms with Gasteiger partial charge in [0.05, 0.1) is 32.0 Å². The van der Waals surface area contributed by atoms with Gasteiger partial charge in [0.1, 0.15) is 0 Å². The molecule has 0 amide bonds. The van der Waals surface area contributed by atoms with Gasteiger partial charge in [-0.3, -0.25) is 9.88 Å². The van der Waals surface area contributed by atoms with E-state index >= 15 is 0 Å². The van der Waals surface area contributed by atoms with E-state index in [0.717, 1.165) is 56.7 Å². The van der Waals surface area contributed by atoms with Crippen LogP contribution in [-0.2, 0) is 24.4 Å². The van der Waals surface area contributed by atoms with E-state index in [2.05, 4.69) is 51.7 Å². The van der Waals surface area contributed by atoms with Crippen LogP contribution in [0.25, 0.3) is 0 Å². The zero-order chi connectivity index (χ0) is 19.6. The van der Waals surface area contributed by atoms with E-state index in [1.54, 1.807) is 0 Å². The lowest BCUT2D eigenvalue weighted by atomic mass is 10.1. The Morgan fingerprint density at radius 1 is 1.07 bits per heavy atom. The van der Waals surface area contributed by atoms with Crippen LogP contribution in [0.2, 0.25) is 0 Å². The topological polar surface area (TPSA) is 61.8 Å². The minimum absolute atomic E-state index is 0. The van der Waals surface area contributed by atoms with Crippen LogP contribution in [0.4, 0.5) is 0 Å². The summed E-state index contributed by atoms with van der Waals surface area (Å²) in [5.41, 5.74) is 4.64. The van der Waals surface area contributed by atoms with Gasteiger partial charge in [-0.1, -0.05) is 30.3 Å². The first-order chi connectivity index (χ1) is 13.7. The summed E-state index contributed by atoms with van der Waals surface area (Å²) in [5.74, 6) is 0.812. The van der Waals surface area contributed by atoms with Gasteiger partial charge in [-0.15, -0.1) is 24.0 Å². The summed E-state index contributed by atoms with van der Waals surface area (Å²) < 4.78 is 5.46. The average molecular weight is 509 g/mol. The summed E-state index contributed by atoms with van der Waals surface area (Å²) in [6.07, 6.45) is 0. The van der Waals surface area contributed by atoms with Gasteiger partial charge in [0.25, 0.3) is 0 Å². The number of nitrogens with zero attached hydrogens (tertiary/aromatic N) is 3. The van der Waals surface area contributed by atoms with Gasteiger partial charge in [0.15, 0.2) is 5.96 Å². The minimum Gasteiger partial charge on any atom is -0.379 e. The number of hydrogen-bond acceptors (Lipinski definition) is 4. The predicted molar refractivity (Wildman–Crippen MR) is 129 cm³/mol. The van der Waals surface area contributed by atoms with Crippen molar-refractivity contribution in [3.05, 3.63) is 65.0 Å². The van der Waals surface area contributed by atoms with Crippen molar-refractivity contribution >= 4 is 29.9 Å². The van der Waals surface area contributed by atoms with Crippen LogP contribution < -0.4 is 10.6 Å². The van der Waals surface area contributed by atoms with Gasteiger partial charge in [-0.25, -0.2) is 4.99 Å². The van der Waals surface area contributed by atoms with Crippen molar-refractivity contribution in [2.75, 3.05) is 32.8 Å². The third kappa shape index (κ3) is 7.91. The van der Waals surface area contributed by atoms with Crippen molar-refractivity contribution in [3.63, 3.8) is 0 Å². The number of nitrogens with one attached hydrogen (secondary N) is 2. The number of aliphatic imine (C=N–C) groups is 1. The molecule has 0 aliphatic carbocycles. The van der Waals surface area contributed by atoms with Gasteiger partial charge >= 0.3 is 0 Å². The molecule has 0 spiro atoms. The van der Waals surface area contributed by atoms with E-state index in [4.69, 9.17) is 9.73 Å². The standard InChI is InChI=1S/C22H31N5O.HI/c1-3-23-22(25-16-21-10-6-7-18(2)26-21)24-15-19-8-4-5-9-20(19)17-27-11-13-28-14-12-27;/h4-10H,3,11-17H2,1-2H3,(H2,23,24,25);1H. The smallest absolute Gasteiger partial charge is 0.191 e. The Balaban J connectivity index is 0.00000300. The summed E-state index contributed by atoms with van der Waals surface area (Å²) in [6, 6.07) is 14.6. The second kappa shape index (κ2) is 12.8. The highest BCUT2D eigenvalue weighted by atomic mass is 127. The number of hydrogen-bond donors (Lipinski definition) is 2. The van der Waals surface area contributed by atoms with Gasteiger partial charge in [-0.05, 0) is 37.1 Å². The molecule has 7 heteroatoms. The minimum atomic E-state index is 0. The Morgan fingerprint density at radius 2 is 1.83 bits per heavy atom. The maximum Gasteiger partial charge on any atom is 0.191 e. The largest absolute Gasteiger partial charge is 0.379 e. The van der Waals surface area contributed by atoms with Gasteiger partial charge in [-0.2, -0.15) is 0 Å². The van der Waals surface area contributed by atoms with Gasteiger partial charge in [0.2, 0.25) is 0 Å². The Bertz CT molecular complexity index is 777. The van der Waals surface area contributed by atoms with Gasteiger partial charge < -0.3 is 15.4 Å². The number of morpholine rings is 1. The SMILES string of the molecule is CCNC(=NCc1ccccc1CN1CCOCC1)NCc1cccc(C)n1.I. The average Bonchev–Trinajstić information content (AvgIpc) is 2.72. The van der Waals surface area contributed by atoms with Crippen LogP contribution in [0.15, 0.2) is 47.5 Å². The van der Waals surface area contributed by atoms with Crippen molar-refractivity contribution < 1.29 is 4.74 Å². The first kappa shape index (κ1) is 23.6. The third-order valence-electron chi connectivity index (χ3n) is 4.75. The van der Waals surface area contributed by atoms with Crippen LogP contribution in [-0.4, -0.2) is 48.7 Å². The normalized spacial score (nSPS) is 14.9. The molecule has 6 nitrogen and oxygen atoms in total. The zero-order valence-corrected chi connectivity index (χ0v) is 19.7. The van der Waals surface area contributed by atoms with Crippen molar-refractivity contribution in [2.24, 2.45) is 4.99 Å². The number of pyridine rings is 1. The molecular formula is C22H32IN5O. The van der Waals surface area contributed by atoms with E-state index in [0.29, 0.717) is 13.1 Å². The van der Waals surface area contributed by atoms with Crippen LogP contribution in [0, 0.1) is 6.92 Å². The second-order valence-electron chi connectivity index (χ2n) is 6.98. The number of halogens is 1. The lowest BCUT2D eigenvalue weighted by Gasteiger charge is -2.27. The first-order valence-electron chi connectivity index (χ1n) is 10.1. The number of aromatic nitrogens is 1. The van der Waals surface area contributed by atoms with Crippen molar-refractivity contribution in [1.82, 2.24) is 20.5 Å². The highest BCUT2D eigenvalue weighted by Crippen LogP contribution is 2.14. The molecule has 1 aliphatic heterocycles. The lowest BCUT2D eigenvalue weighted by molar-refractivity contribution is 0.0341. The second-order valence-corrected chi connectivity index (χ2v) is 6.98. The summed E-state index contributed by atoms with van der Waals surface area (Å²) in [4.78, 5) is 11.8. The Hall–Kier alpha value is -1.71. The molecule has 0 bridgehead atoms. The fourth-order valence-corrected chi connectivity index (χ4v) is 3.24. The molecule has 0 unspecified atom stereocenters. The van der Waals surface area contributed by atoms with Crippen LogP contribution in [0.1, 0.15) is 29.4 Å². The number of ether oxygens (including phenoxy) is 1. The zero-order valence-electron chi connectivity index (χ0n) is 17.4. The third-order valence-corrected chi connectivity index (χ3v) is 4.75. The fraction of sp³-hybridized carbons (Fsp3) is 0.455. The van der Waals surface area contributed by atoms with Crippen molar-refractivity contribution in [3.8, 4) is 0 Å². The molecule has 3 rings (SSSR count). The van der Waals surface area contributed by atoms with E-state index in [1.165, 1.54) is 11.1 Å². The van der Waals surface area contributed by atoms with Crippen molar-refractivity contribution in [2.45, 2.75) is 33.5 Å².